The fourth-order valence-corrected chi connectivity index (χ4v) is 1.80. The summed E-state index contributed by atoms with van der Waals surface area (Å²) in [6.07, 6.45) is 3.06. The van der Waals surface area contributed by atoms with Crippen LogP contribution >= 0.6 is 0 Å². The molecule has 3 N–H and O–H groups in total. The predicted octanol–water partition coefficient (Wildman–Crippen LogP) is 2.68. The Morgan fingerprint density at radius 1 is 1.32 bits per heavy atom. The summed E-state index contributed by atoms with van der Waals surface area (Å²) in [5.74, 6) is 1.27. The Hall–Kier alpha value is -1.49. The lowest BCUT2D eigenvalue weighted by molar-refractivity contribution is 0.182. The Bertz CT molecular complexity index is 366. The third-order valence-corrected chi connectivity index (χ3v) is 2.69. The molecule has 19 heavy (non-hydrogen) atoms. The molecule has 0 aromatic carbocycles. The van der Waals surface area contributed by atoms with Crippen molar-refractivity contribution < 1.29 is 9.47 Å². The third kappa shape index (κ3) is 5.34. The van der Waals surface area contributed by atoms with Crippen LogP contribution in [-0.4, -0.2) is 31.3 Å². The summed E-state index contributed by atoms with van der Waals surface area (Å²) in [5, 5.41) is 3.35. The number of nitrogens with zero attached hydrogens (tertiary/aromatic N) is 1. The number of nitrogens with two attached hydrogens (primary N) is 1. The second-order valence-electron chi connectivity index (χ2n) is 4.52. The van der Waals surface area contributed by atoms with Crippen molar-refractivity contribution in [1.82, 2.24) is 4.98 Å². The quantitative estimate of drug-likeness (QED) is 0.720. The number of anilines is 2. The highest BCUT2D eigenvalue weighted by Crippen LogP contribution is 2.21. The number of nitrogens with one attached hydrogen (secondary N) is 1. The molecule has 0 aliphatic heterocycles. The van der Waals surface area contributed by atoms with Gasteiger partial charge in [-0.3, -0.25) is 0 Å². The van der Waals surface area contributed by atoms with Gasteiger partial charge in [-0.05, 0) is 25.0 Å². The number of ether oxygens (including phenoxy) is 2. The molecule has 1 heterocycles. The molecule has 1 aromatic heterocycles. The summed E-state index contributed by atoms with van der Waals surface area (Å²) < 4.78 is 10.7. The van der Waals surface area contributed by atoms with Gasteiger partial charge < -0.3 is 20.5 Å². The average Bonchev–Trinajstić information content (AvgIpc) is 2.40. The lowest BCUT2D eigenvalue weighted by Gasteiger charge is -2.18. The zero-order valence-corrected chi connectivity index (χ0v) is 12.1. The molecule has 1 aromatic rings. The van der Waals surface area contributed by atoms with Crippen LogP contribution in [0.25, 0.3) is 0 Å². The van der Waals surface area contributed by atoms with Crippen LogP contribution in [0, 0.1) is 0 Å². The maximum Gasteiger partial charge on any atom is 0.239 e. The molecule has 0 aliphatic carbocycles. The van der Waals surface area contributed by atoms with Gasteiger partial charge in [0.15, 0.2) is 0 Å². The smallest absolute Gasteiger partial charge is 0.239 e. The highest BCUT2D eigenvalue weighted by atomic mass is 16.5. The van der Waals surface area contributed by atoms with Crippen molar-refractivity contribution in [3.63, 3.8) is 0 Å². The number of rotatable bonds is 9. The summed E-state index contributed by atoms with van der Waals surface area (Å²) >= 11 is 0. The first-order chi connectivity index (χ1) is 9.21. The third-order valence-electron chi connectivity index (χ3n) is 2.69. The second-order valence-corrected chi connectivity index (χ2v) is 4.52. The monoisotopic (exact) mass is 267 g/mol. The molecule has 0 aliphatic rings. The fourth-order valence-electron chi connectivity index (χ4n) is 1.80. The zero-order chi connectivity index (χ0) is 14.1. The van der Waals surface area contributed by atoms with Crippen LogP contribution in [0.1, 0.15) is 33.1 Å². The number of nitrogen functional groups attached to an aromatic ring is 1. The SMILES string of the molecule is CCCOc1nc(NC(CCC)COC)ccc1N. The molecule has 1 unspecified atom stereocenters. The molecule has 0 fully saturated rings. The van der Waals surface area contributed by atoms with Crippen molar-refractivity contribution >= 4 is 11.5 Å². The van der Waals surface area contributed by atoms with Crippen molar-refractivity contribution in [1.29, 1.82) is 0 Å². The van der Waals surface area contributed by atoms with E-state index in [9.17, 15) is 0 Å². The van der Waals surface area contributed by atoms with E-state index >= 15 is 0 Å². The van der Waals surface area contributed by atoms with Gasteiger partial charge in [-0.1, -0.05) is 20.3 Å². The van der Waals surface area contributed by atoms with E-state index in [-0.39, 0.29) is 6.04 Å². The molecular formula is C14H25N3O2. The summed E-state index contributed by atoms with van der Waals surface area (Å²) in [6.45, 7) is 5.48. The molecule has 0 amide bonds. The molecule has 0 radical (unpaired) electrons. The van der Waals surface area contributed by atoms with E-state index in [1.165, 1.54) is 0 Å². The Morgan fingerprint density at radius 3 is 2.74 bits per heavy atom. The van der Waals surface area contributed by atoms with E-state index < -0.39 is 0 Å². The molecule has 5 heteroatoms. The molecule has 0 spiro atoms. The fraction of sp³-hybridized carbons (Fsp3) is 0.643. The van der Waals surface area contributed by atoms with Gasteiger partial charge >= 0.3 is 0 Å². The van der Waals surface area contributed by atoms with Crippen molar-refractivity contribution in [2.45, 2.75) is 39.2 Å². The number of pyridine rings is 1. The van der Waals surface area contributed by atoms with Gasteiger partial charge in [-0.2, -0.15) is 4.98 Å². The van der Waals surface area contributed by atoms with Gasteiger partial charge in [0.05, 0.1) is 24.9 Å². The van der Waals surface area contributed by atoms with Crippen LogP contribution < -0.4 is 15.8 Å². The maximum absolute atomic E-state index is 5.84. The van der Waals surface area contributed by atoms with Gasteiger partial charge in [0.2, 0.25) is 5.88 Å². The van der Waals surface area contributed by atoms with Crippen LogP contribution in [0.5, 0.6) is 5.88 Å². The first kappa shape index (κ1) is 15.6. The predicted molar refractivity (Wildman–Crippen MR) is 78.6 cm³/mol. The average molecular weight is 267 g/mol. The van der Waals surface area contributed by atoms with E-state index in [1.54, 1.807) is 7.11 Å². The maximum atomic E-state index is 5.84. The Balaban J connectivity index is 2.70. The van der Waals surface area contributed by atoms with Crippen molar-refractivity contribution in [2.24, 2.45) is 0 Å². The zero-order valence-electron chi connectivity index (χ0n) is 12.1. The molecule has 1 atom stereocenters. The highest BCUT2D eigenvalue weighted by molar-refractivity contribution is 5.53. The van der Waals surface area contributed by atoms with E-state index in [0.29, 0.717) is 24.8 Å². The number of aromatic nitrogens is 1. The van der Waals surface area contributed by atoms with Crippen LogP contribution in [0.2, 0.25) is 0 Å². The van der Waals surface area contributed by atoms with E-state index in [1.807, 2.05) is 19.1 Å². The van der Waals surface area contributed by atoms with Gasteiger partial charge in [-0.25, -0.2) is 0 Å². The Kier molecular flexibility index (Phi) is 7.03. The molecule has 0 saturated carbocycles. The second kappa shape index (κ2) is 8.58. The van der Waals surface area contributed by atoms with E-state index in [4.69, 9.17) is 15.2 Å². The summed E-state index contributed by atoms with van der Waals surface area (Å²) in [5.41, 5.74) is 6.41. The largest absolute Gasteiger partial charge is 0.476 e. The topological polar surface area (TPSA) is 69.4 Å². The lowest BCUT2D eigenvalue weighted by Crippen LogP contribution is -2.25. The summed E-state index contributed by atoms with van der Waals surface area (Å²) in [7, 11) is 1.70. The van der Waals surface area contributed by atoms with Gasteiger partial charge in [-0.15, -0.1) is 0 Å². The highest BCUT2D eigenvalue weighted by Gasteiger charge is 2.10. The Morgan fingerprint density at radius 2 is 2.11 bits per heavy atom. The van der Waals surface area contributed by atoms with Gasteiger partial charge in [0.1, 0.15) is 5.82 Å². The number of hydrogen-bond acceptors (Lipinski definition) is 5. The van der Waals surface area contributed by atoms with E-state index in [0.717, 1.165) is 25.1 Å². The summed E-state index contributed by atoms with van der Waals surface area (Å²) in [6, 6.07) is 3.94. The van der Waals surface area contributed by atoms with Crippen LogP contribution in [0.3, 0.4) is 0 Å². The van der Waals surface area contributed by atoms with Gasteiger partial charge in [0, 0.05) is 7.11 Å². The Labute approximate surface area is 115 Å². The molecule has 1 rings (SSSR count). The first-order valence-electron chi connectivity index (χ1n) is 6.86. The normalized spacial score (nSPS) is 12.2. The minimum absolute atomic E-state index is 0.255. The molecule has 108 valence electrons. The standard InChI is InChI=1S/C14H25N3O2/c1-4-6-11(10-18-3)16-13-8-7-12(15)14(17-13)19-9-5-2/h7-8,11H,4-6,9-10,15H2,1-3H3,(H,16,17). The first-order valence-corrected chi connectivity index (χ1v) is 6.86. The van der Waals surface area contributed by atoms with Crippen LogP contribution in [0.4, 0.5) is 11.5 Å². The molecule has 5 nitrogen and oxygen atoms in total. The minimum atomic E-state index is 0.255. The molecule has 0 bridgehead atoms. The van der Waals surface area contributed by atoms with Crippen molar-refractivity contribution in [3.8, 4) is 5.88 Å². The molecule has 0 saturated heterocycles. The lowest BCUT2D eigenvalue weighted by atomic mass is 10.2. The van der Waals surface area contributed by atoms with Crippen LogP contribution in [-0.2, 0) is 4.74 Å². The van der Waals surface area contributed by atoms with Crippen molar-refractivity contribution in [3.05, 3.63) is 12.1 Å². The van der Waals surface area contributed by atoms with Crippen LogP contribution in [0.15, 0.2) is 12.1 Å². The number of hydrogen-bond donors (Lipinski definition) is 2. The number of methoxy groups -OCH3 is 1. The summed E-state index contributed by atoms with van der Waals surface area (Å²) in [4.78, 5) is 4.40. The molecular weight excluding hydrogens is 242 g/mol. The van der Waals surface area contributed by atoms with E-state index in [2.05, 4.69) is 17.2 Å². The van der Waals surface area contributed by atoms with Gasteiger partial charge in [0.25, 0.3) is 0 Å². The minimum Gasteiger partial charge on any atom is -0.476 e. The van der Waals surface area contributed by atoms with Crippen molar-refractivity contribution in [2.75, 3.05) is 31.4 Å².